The number of amides is 1. The van der Waals surface area contributed by atoms with E-state index in [1.807, 2.05) is 13.8 Å². The van der Waals surface area contributed by atoms with E-state index in [2.05, 4.69) is 5.32 Å². The molecule has 1 aliphatic heterocycles. The van der Waals surface area contributed by atoms with Gasteiger partial charge in [0.1, 0.15) is 0 Å². The van der Waals surface area contributed by atoms with Crippen LogP contribution in [0.15, 0.2) is 0 Å². The molecule has 1 saturated heterocycles. The minimum Gasteiger partial charge on any atom is -0.351 e. The maximum Gasteiger partial charge on any atom is 0.257 e. The Morgan fingerprint density at radius 1 is 1.50 bits per heavy atom. The molecule has 1 aliphatic rings. The summed E-state index contributed by atoms with van der Waals surface area (Å²) >= 11 is 11.4. The fourth-order valence-corrected chi connectivity index (χ4v) is 1.44. The SMILES string of the molecule is CC1NC(=O)C(Cl)(Cl)C1C. The Balaban J connectivity index is 2.85. The number of nitrogens with one attached hydrogen (secondary N) is 1. The van der Waals surface area contributed by atoms with Gasteiger partial charge in [-0.15, -0.1) is 0 Å². The molecule has 1 heterocycles. The Kier molecular flexibility index (Phi) is 1.86. The lowest BCUT2D eigenvalue weighted by atomic mass is 10.0. The van der Waals surface area contributed by atoms with Crippen LogP contribution in [0.2, 0.25) is 0 Å². The molecular formula is C6H9Cl2NO. The first-order valence-corrected chi connectivity index (χ1v) is 3.90. The molecule has 1 fully saturated rings. The highest BCUT2D eigenvalue weighted by Gasteiger charge is 2.48. The number of rotatable bonds is 0. The quantitative estimate of drug-likeness (QED) is 0.562. The Morgan fingerprint density at radius 2 is 2.00 bits per heavy atom. The van der Waals surface area contributed by atoms with Crippen molar-refractivity contribution in [3.8, 4) is 0 Å². The molecule has 0 radical (unpaired) electrons. The Labute approximate surface area is 69.9 Å². The maximum atomic E-state index is 10.9. The van der Waals surface area contributed by atoms with E-state index in [0.717, 1.165) is 0 Å². The first-order valence-electron chi connectivity index (χ1n) is 3.15. The van der Waals surface area contributed by atoms with Gasteiger partial charge in [0, 0.05) is 12.0 Å². The number of alkyl halides is 2. The molecule has 0 aromatic rings. The predicted octanol–water partition coefficient (Wildman–Crippen LogP) is 1.31. The van der Waals surface area contributed by atoms with Crippen LogP contribution in [0, 0.1) is 5.92 Å². The summed E-state index contributed by atoms with van der Waals surface area (Å²) in [4.78, 5) is 10.9. The monoisotopic (exact) mass is 181 g/mol. The Morgan fingerprint density at radius 3 is 2.10 bits per heavy atom. The van der Waals surface area contributed by atoms with Gasteiger partial charge in [0.05, 0.1) is 0 Å². The van der Waals surface area contributed by atoms with Crippen LogP contribution in [0.25, 0.3) is 0 Å². The molecule has 1 rings (SSSR count). The molecule has 2 atom stereocenters. The van der Waals surface area contributed by atoms with E-state index < -0.39 is 4.33 Å². The molecule has 1 N–H and O–H groups in total. The average Bonchev–Trinajstić information content (AvgIpc) is 1.97. The highest BCUT2D eigenvalue weighted by molar-refractivity contribution is 6.58. The lowest BCUT2D eigenvalue weighted by molar-refractivity contribution is -0.120. The zero-order chi connectivity index (χ0) is 7.94. The van der Waals surface area contributed by atoms with Crippen LogP contribution < -0.4 is 5.32 Å². The normalized spacial score (nSPS) is 37.8. The summed E-state index contributed by atoms with van der Waals surface area (Å²) in [6.07, 6.45) is 0. The van der Waals surface area contributed by atoms with E-state index in [4.69, 9.17) is 23.2 Å². The Hall–Kier alpha value is 0.0500. The number of halogens is 2. The average molecular weight is 182 g/mol. The summed E-state index contributed by atoms with van der Waals surface area (Å²) in [7, 11) is 0. The van der Waals surface area contributed by atoms with Gasteiger partial charge in [0.25, 0.3) is 5.91 Å². The highest BCUT2D eigenvalue weighted by atomic mass is 35.5. The highest BCUT2D eigenvalue weighted by Crippen LogP contribution is 2.37. The smallest absolute Gasteiger partial charge is 0.257 e. The van der Waals surface area contributed by atoms with Crippen LogP contribution in [-0.4, -0.2) is 16.3 Å². The van der Waals surface area contributed by atoms with Gasteiger partial charge in [0.15, 0.2) is 4.33 Å². The molecule has 0 aromatic heterocycles. The third-order valence-corrected chi connectivity index (χ3v) is 3.02. The Bertz CT molecular complexity index is 169. The zero-order valence-corrected chi connectivity index (χ0v) is 7.33. The fourth-order valence-electron chi connectivity index (χ4n) is 0.949. The number of carbonyl (C=O) groups is 1. The van der Waals surface area contributed by atoms with Gasteiger partial charge in [-0.2, -0.15) is 0 Å². The van der Waals surface area contributed by atoms with E-state index in [0.29, 0.717) is 0 Å². The second-order valence-corrected chi connectivity index (χ2v) is 4.06. The van der Waals surface area contributed by atoms with Gasteiger partial charge < -0.3 is 5.32 Å². The molecule has 2 nitrogen and oxygen atoms in total. The lowest BCUT2D eigenvalue weighted by Crippen LogP contribution is -2.29. The van der Waals surface area contributed by atoms with Crippen molar-refractivity contribution < 1.29 is 4.79 Å². The molecule has 58 valence electrons. The topological polar surface area (TPSA) is 29.1 Å². The van der Waals surface area contributed by atoms with E-state index in [-0.39, 0.29) is 17.9 Å². The van der Waals surface area contributed by atoms with Crippen molar-refractivity contribution in [1.82, 2.24) is 5.32 Å². The van der Waals surface area contributed by atoms with Crippen molar-refractivity contribution in [2.45, 2.75) is 24.2 Å². The summed E-state index contributed by atoms with van der Waals surface area (Å²) in [5.74, 6) is -0.306. The van der Waals surface area contributed by atoms with Crippen LogP contribution >= 0.6 is 23.2 Å². The van der Waals surface area contributed by atoms with Crippen molar-refractivity contribution >= 4 is 29.1 Å². The minimum absolute atomic E-state index is 0.0247. The number of hydrogen-bond acceptors (Lipinski definition) is 1. The third kappa shape index (κ3) is 0.995. The van der Waals surface area contributed by atoms with E-state index in [9.17, 15) is 4.79 Å². The van der Waals surface area contributed by atoms with Crippen LogP contribution in [-0.2, 0) is 4.79 Å². The van der Waals surface area contributed by atoms with Crippen molar-refractivity contribution in [2.24, 2.45) is 5.92 Å². The maximum absolute atomic E-state index is 10.9. The van der Waals surface area contributed by atoms with Crippen molar-refractivity contribution in [2.75, 3.05) is 0 Å². The first-order chi connectivity index (χ1) is 4.46. The molecule has 0 saturated carbocycles. The molecule has 0 aromatic carbocycles. The summed E-state index contributed by atoms with van der Waals surface area (Å²) in [5.41, 5.74) is 0. The van der Waals surface area contributed by atoms with Gasteiger partial charge in [0.2, 0.25) is 0 Å². The first kappa shape index (κ1) is 8.15. The molecule has 0 bridgehead atoms. The van der Waals surface area contributed by atoms with Crippen molar-refractivity contribution in [1.29, 1.82) is 0 Å². The molecule has 0 spiro atoms. The van der Waals surface area contributed by atoms with Crippen molar-refractivity contribution in [3.05, 3.63) is 0 Å². The fraction of sp³-hybridized carbons (Fsp3) is 0.833. The van der Waals surface area contributed by atoms with E-state index in [1.165, 1.54) is 0 Å². The lowest BCUT2D eigenvalue weighted by Gasteiger charge is -2.15. The van der Waals surface area contributed by atoms with Crippen LogP contribution in [0.3, 0.4) is 0 Å². The van der Waals surface area contributed by atoms with Gasteiger partial charge >= 0.3 is 0 Å². The molecule has 10 heavy (non-hydrogen) atoms. The second kappa shape index (κ2) is 2.28. The van der Waals surface area contributed by atoms with Crippen molar-refractivity contribution in [3.63, 3.8) is 0 Å². The largest absolute Gasteiger partial charge is 0.351 e. The minimum atomic E-state index is -1.22. The standard InChI is InChI=1S/C6H9Cl2NO/c1-3-4(2)9-5(10)6(3,7)8/h3-4H,1-2H3,(H,9,10). The third-order valence-electron chi connectivity index (χ3n) is 1.98. The van der Waals surface area contributed by atoms with Crippen LogP contribution in [0.4, 0.5) is 0 Å². The van der Waals surface area contributed by atoms with Gasteiger partial charge in [-0.25, -0.2) is 0 Å². The van der Waals surface area contributed by atoms with Crippen LogP contribution in [0.5, 0.6) is 0 Å². The summed E-state index contributed by atoms with van der Waals surface area (Å²) in [6, 6.07) is 0.0718. The zero-order valence-electron chi connectivity index (χ0n) is 5.82. The van der Waals surface area contributed by atoms with Gasteiger partial charge in [-0.1, -0.05) is 30.1 Å². The molecule has 4 heteroatoms. The van der Waals surface area contributed by atoms with E-state index >= 15 is 0 Å². The van der Waals surface area contributed by atoms with Gasteiger partial charge in [-0.05, 0) is 6.92 Å². The van der Waals surface area contributed by atoms with Gasteiger partial charge in [-0.3, -0.25) is 4.79 Å². The molecule has 2 unspecified atom stereocenters. The summed E-state index contributed by atoms with van der Waals surface area (Å²) in [5, 5.41) is 2.65. The predicted molar refractivity (Wildman–Crippen MR) is 41.2 cm³/mol. The van der Waals surface area contributed by atoms with E-state index in [1.54, 1.807) is 0 Å². The second-order valence-electron chi connectivity index (χ2n) is 2.67. The molecule has 1 amide bonds. The molecule has 0 aliphatic carbocycles. The molecular weight excluding hydrogens is 173 g/mol. The number of carbonyl (C=O) groups excluding carboxylic acids is 1. The van der Waals surface area contributed by atoms with Crippen LogP contribution in [0.1, 0.15) is 13.8 Å². The summed E-state index contributed by atoms with van der Waals surface area (Å²) in [6.45, 7) is 3.73. The number of hydrogen-bond donors (Lipinski definition) is 1. The summed E-state index contributed by atoms with van der Waals surface area (Å²) < 4.78 is -1.22.